The van der Waals surface area contributed by atoms with E-state index in [1.54, 1.807) is 18.4 Å². The van der Waals surface area contributed by atoms with E-state index in [0.29, 0.717) is 12.6 Å². The largest absolute Gasteiger partial charge is 0.369 e. The minimum atomic E-state index is 0.419. The monoisotopic (exact) mass is 315 g/mol. The van der Waals surface area contributed by atoms with Crippen molar-refractivity contribution in [1.82, 2.24) is 15.6 Å². The summed E-state index contributed by atoms with van der Waals surface area (Å²) in [5.41, 5.74) is 1.29. The summed E-state index contributed by atoms with van der Waals surface area (Å²) in [6.07, 6.45) is 2.94. The van der Waals surface area contributed by atoms with Crippen molar-refractivity contribution in [2.24, 2.45) is 4.99 Å². The van der Waals surface area contributed by atoms with Gasteiger partial charge in [-0.3, -0.25) is 4.99 Å². The molecule has 116 valence electrons. The van der Waals surface area contributed by atoms with Gasteiger partial charge in [0.1, 0.15) is 5.01 Å². The molecule has 0 radical (unpaired) electrons. The van der Waals surface area contributed by atoms with Crippen molar-refractivity contribution in [3.63, 3.8) is 0 Å². The highest BCUT2D eigenvalue weighted by Crippen LogP contribution is 2.19. The predicted octanol–water partition coefficient (Wildman–Crippen LogP) is 2.09. The molecule has 1 aromatic heterocycles. The number of para-hydroxylation sites is 1. The van der Waals surface area contributed by atoms with Crippen molar-refractivity contribution >= 4 is 23.0 Å². The fourth-order valence-electron chi connectivity index (χ4n) is 2.64. The number of rotatable bonds is 4. The van der Waals surface area contributed by atoms with Crippen molar-refractivity contribution < 1.29 is 0 Å². The van der Waals surface area contributed by atoms with Gasteiger partial charge in [-0.05, 0) is 18.6 Å². The molecule has 0 saturated carbocycles. The number of thiazole rings is 1. The molecule has 2 aromatic rings. The summed E-state index contributed by atoms with van der Waals surface area (Å²) < 4.78 is 0. The first-order valence-corrected chi connectivity index (χ1v) is 8.38. The zero-order valence-electron chi connectivity index (χ0n) is 12.7. The zero-order chi connectivity index (χ0) is 15.2. The summed E-state index contributed by atoms with van der Waals surface area (Å²) >= 11 is 1.65. The van der Waals surface area contributed by atoms with E-state index in [1.165, 1.54) is 5.69 Å². The maximum absolute atomic E-state index is 4.30. The van der Waals surface area contributed by atoms with Crippen molar-refractivity contribution in [2.45, 2.75) is 19.0 Å². The van der Waals surface area contributed by atoms with Crippen molar-refractivity contribution in [3.8, 4) is 0 Å². The molecular weight excluding hydrogens is 294 g/mol. The molecule has 1 aromatic carbocycles. The number of hydrogen-bond donors (Lipinski definition) is 2. The molecule has 1 atom stereocenters. The van der Waals surface area contributed by atoms with Gasteiger partial charge in [0.15, 0.2) is 5.96 Å². The number of hydrogen-bond acceptors (Lipinski definition) is 4. The Hall–Kier alpha value is -2.08. The molecule has 22 heavy (non-hydrogen) atoms. The Balaban J connectivity index is 1.50. The van der Waals surface area contributed by atoms with E-state index in [2.05, 4.69) is 55.8 Å². The molecule has 3 rings (SSSR count). The van der Waals surface area contributed by atoms with Crippen LogP contribution in [0, 0.1) is 0 Å². The lowest BCUT2D eigenvalue weighted by atomic mass is 10.3. The van der Waals surface area contributed by atoms with Gasteiger partial charge >= 0.3 is 0 Å². The Kier molecular flexibility index (Phi) is 4.90. The maximum atomic E-state index is 4.30. The Morgan fingerprint density at radius 3 is 3.00 bits per heavy atom. The smallest absolute Gasteiger partial charge is 0.191 e. The molecule has 0 aliphatic carbocycles. The van der Waals surface area contributed by atoms with E-state index >= 15 is 0 Å². The van der Waals surface area contributed by atoms with E-state index in [9.17, 15) is 0 Å². The van der Waals surface area contributed by atoms with E-state index in [0.717, 1.165) is 30.5 Å². The van der Waals surface area contributed by atoms with Gasteiger partial charge in [-0.2, -0.15) is 0 Å². The molecule has 0 amide bonds. The molecule has 1 saturated heterocycles. The summed E-state index contributed by atoms with van der Waals surface area (Å²) in [5.74, 6) is 0.843. The van der Waals surface area contributed by atoms with Gasteiger partial charge in [0.2, 0.25) is 0 Å². The van der Waals surface area contributed by atoms with Crippen LogP contribution >= 0.6 is 11.3 Å². The first-order chi connectivity index (χ1) is 10.8. The third-order valence-electron chi connectivity index (χ3n) is 3.76. The highest BCUT2D eigenvalue weighted by molar-refractivity contribution is 7.09. The number of nitrogens with one attached hydrogen (secondary N) is 2. The number of benzene rings is 1. The quantitative estimate of drug-likeness (QED) is 0.670. The summed E-state index contributed by atoms with van der Waals surface area (Å²) in [6, 6.07) is 11.0. The molecule has 1 unspecified atom stereocenters. The SMILES string of the molecule is CN=C(NCc1nccs1)NC1CCN(c2ccccc2)C1. The molecule has 0 spiro atoms. The minimum Gasteiger partial charge on any atom is -0.369 e. The Bertz CT molecular complexity index is 596. The highest BCUT2D eigenvalue weighted by atomic mass is 32.1. The highest BCUT2D eigenvalue weighted by Gasteiger charge is 2.23. The molecule has 2 heterocycles. The molecular formula is C16H21N5S. The van der Waals surface area contributed by atoms with Crippen LogP contribution in [0.5, 0.6) is 0 Å². The average molecular weight is 315 g/mol. The molecule has 2 N–H and O–H groups in total. The number of aromatic nitrogens is 1. The molecule has 0 bridgehead atoms. The van der Waals surface area contributed by atoms with Crippen molar-refractivity contribution in [3.05, 3.63) is 46.9 Å². The maximum Gasteiger partial charge on any atom is 0.191 e. The Labute approximate surface area is 135 Å². The van der Waals surface area contributed by atoms with E-state index in [4.69, 9.17) is 0 Å². The summed E-state index contributed by atoms with van der Waals surface area (Å²) in [7, 11) is 1.81. The van der Waals surface area contributed by atoms with Gasteiger partial charge < -0.3 is 15.5 Å². The first-order valence-electron chi connectivity index (χ1n) is 7.50. The fraction of sp³-hybridized carbons (Fsp3) is 0.375. The lowest BCUT2D eigenvalue weighted by molar-refractivity contribution is 0.648. The zero-order valence-corrected chi connectivity index (χ0v) is 13.5. The van der Waals surface area contributed by atoms with Gasteiger partial charge in [-0.25, -0.2) is 4.98 Å². The van der Waals surface area contributed by atoms with Crippen LogP contribution in [0.1, 0.15) is 11.4 Å². The number of nitrogens with zero attached hydrogens (tertiary/aromatic N) is 3. The fourth-order valence-corrected chi connectivity index (χ4v) is 3.20. The predicted molar refractivity (Wildman–Crippen MR) is 92.5 cm³/mol. The third-order valence-corrected chi connectivity index (χ3v) is 4.54. The van der Waals surface area contributed by atoms with Gasteiger partial charge in [0.25, 0.3) is 0 Å². The molecule has 1 aliphatic heterocycles. The van der Waals surface area contributed by atoms with Crippen LogP contribution < -0.4 is 15.5 Å². The van der Waals surface area contributed by atoms with E-state index in [-0.39, 0.29) is 0 Å². The Morgan fingerprint density at radius 2 is 2.27 bits per heavy atom. The molecule has 5 nitrogen and oxygen atoms in total. The summed E-state index contributed by atoms with van der Waals surface area (Å²) in [4.78, 5) is 11.0. The number of guanidine groups is 1. The second-order valence-corrected chi connectivity index (χ2v) is 6.24. The van der Waals surface area contributed by atoms with Crippen LogP contribution in [0.4, 0.5) is 5.69 Å². The van der Waals surface area contributed by atoms with Crippen molar-refractivity contribution in [2.75, 3.05) is 25.0 Å². The average Bonchev–Trinajstić information content (AvgIpc) is 3.24. The summed E-state index contributed by atoms with van der Waals surface area (Å²) in [5, 5.41) is 9.88. The van der Waals surface area contributed by atoms with Crippen molar-refractivity contribution in [1.29, 1.82) is 0 Å². The second-order valence-electron chi connectivity index (χ2n) is 5.26. The van der Waals surface area contributed by atoms with Gasteiger partial charge in [0, 0.05) is 43.4 Å². The Morgan fingerprint density at radius 1 is 1.41 bits per heavy atom. The van der Waals surface area contributed by atoms with Crippen LogP contribution in [0.25, 0.3) is 0 Å². The third kappa shape index (κ3) is 3.76. The molecule has 1 fully saturated rings. The van der Waals surface area contributed by atoms with E-state index in [1.807, 2.05) is 11.6 Å². The van der Waals surface area contributed by atoms with Crippen LogP contribution in [0.3, 0.4) is 0 Å². The topological polar surface area (TPSA) is 52.6 Å². The summed E-state index contributed by atoms with van der Waals surface area (Å²) in [6.45, 7) is 2.79. The molecule has 6 heteroatoms. The first kappa shape index (κ1) is 14.8. The lowest BCUT2D eigenvalue weighted by Crippen LogP contribution is -2.44. The normalized spacial score (nSPS) is 18.5. The minimum absolute atomic E-state index is 0.419. The second kappa shape index (κ2) is 7.26. The standard InChI is InChI=1S/C16H21N5S/c1-17-16(19-11-15-18-8-10-22-15)20-13-7-9-21(12-13)14-5-3-2-4-6-14/h2-6,8,10,13H,7,9,11-12H2,1H3,(H2,17,19,20). The molecule has 1 aliphatic rings. The van der Waals surface area contributed by atoms with Gasteiger partial charge in [0.05, 0.1) is 6.54 Å². The van der Waals surface area contributed by atoms with Crippen LogP contribution in [0.15, 0.2) is 46.9 Å². The lowest BCUT2D eigenvalue weighted by Gasteiger charge is -2.20. The number of anilines is 1. The van der Waals surface area contributed by atoms with E-state index < -0.39 is 0 Å². The van der Waals surface area contributed by atoms with Crippen LogP contribution in [0.2, 0.25) is 0 Å². The van der Waals surface area contributed by atoms with Gasteiger partial charge in [-0.1, -0.05) is 18.2 Å². The number of aliphatic imine (C=N–C) groups is 1. The van der Waals surface area contributed by atoms with Crippen LogP contribution in [-0.2, 0) is 6.54 Å². The van der Waals surface area contributed by atoms with Gasteiger partial charge in [-0.15, -0.1) is 11.3 Å². The van der Waals surface area contributed by atoms with Crippen LogP contribution in [-0.4, -0.2) is 37.1 Å².